The van der Waals surface area contributed by atoms with Crippen molar-refractivity contribution in [2.75, 3.05) is 11.9 Å². The minimum absolute atomic E-state index is 0.870. The van der Waals surface area contributed by atoms with Crippen LogP contribution in [0.5, 0.6) is 0 Å². The van der Waals surface area contributed by atoms with Crippen LogP contribution in [-0.4, -0.2) is 6.54 Å². The zero-order chi connectivity index (χ0) is 9.64. The van der Waals surface area contributed by atoms with Gasteiger partial charge in [-0.25, -0.2) is 0 Å². The maximum atomic E-state index is 3.36. The van der Waals surface area contributed by atoms with Gasteiger partial charge in [0.2, 0.25) is 0 Å². The molecule has 0 aliphatic carbocycles. The molecule has 0 amide bonds. The van der Waals surface area contributed by atoms with Crippen molar-refractivity contribution in [3.63, 3.8) is 0 Å². The molecule has 0 radical (unpaired) electrons. The van der Waals surface area contributed by atoms with Crippen LogP contribution in [0.4, 0.5) is 5.69 Å². The Bertz CT molecular complexity index is 386. The molecule has 1 aliphatic rings. The van der Waals surface area contributed by atoms with Gasteiger partial charge in [0.25, 0.3) is 0 Å². The van der Waals surface area contributed by atoms with Crippen LogP contribution in [0, 0.1) is 0 Å². The van der Waals surface area contributed by atoms with Crippen molar-refractivity contribution in [2.24, 2.45) is 0 Å². The monoisotopic (exact) mass is 183 g/mol. The molecule has 2 rings (SSSR count). The van der Waals surface area contributed by atoms with E-state index in [1.54, 1.807) is 0 Å². The van der Waals surface area contributed by atoms with Crippen LogP contribution in [0.2, 0.25) is 0 Å². The highest BCUT2D eigenvalue weighted by atomic mass is 14.9. The van der Waals surface area contributed by atoms with Crippen LogP contribution in [0.25, 0.3) is 6.08 Å². The quantitative estimate of drug-likeness (QED) is 0.651. The average molecular weight is 183 g/mol. The van der Waals surface area contributed by atoms with E-state index in [-0.39, 0.29) is 0 Å². The summed E-state index contributed by atoms with van der Waals surface area (Å²) in [6.07, 6.45) is 12.4. The minimum atomic E-state index is 0.870. The van der Waals surface area contributed by atoms with Gasteiger partial charge in [-0.05, 0) is 11.6 Å². The van der Waals surface area contributed by atoms with Crippen LogP contribution in [-0.2, 0) is 0 Å². The topological polar surface area (TPSA) is 12.0 Å². The first-order valence-electron chi connectivity index (χ1n) is 4.79. The standard InChI is InChI=1S/C13H13N/c1-2-4-8-12-9-5-6-10-13(12)14-11-7-3-1/h1-10,14H,11H2/b2-1?,7-3?,8-4+. The summed E-state index contributed by atoms with van der Waals surface area (Å²) in [5, 5.41) is 3.36. The SMILES string of the molecule is C1=C/C=C/c2ccccc2NCC=C1. The van der Waals surface area contributed by atoms with Crippen LogP contribution in [0.15, 0.2) is 54.6 Å². The molecule has 0 saturated heterocycles. The van der Waals surface area contributed by atoms with Gasteiger partial charge in [0.15, 0.2) is 0 Å². The molecule has 0 saturated carbocycles. The third-order valence-corrected chi connectivity index (χ3v) is 2.12. The van der Waals surface area contributed by atoms with Crippen molar-refractivity contribution in [1.29, 1.82) is 0 Å². The summed E-state index contributed by atoms with van der Waals surface area (Å²) < 4.78 is 0. The molecule has 1 N–H and O–H groups in total. The van der Waals surface area contributed by atoms with Crippen molar-refractivity contribution in [1.82, 2.24) is 0 Å². The molecule has 0 atom stereocenters. The second kappa shape index (κ2) is 4.47. The highest BCUT2D eigenvalue weighted by Crippen LogP contribution is 2.16. The van der Waals surface area contributed by atoms with Crippen molar-refractivity contribution >= 4 is 11.8 Å². The van der Waals surface area contributed by atoms with Crippen molar-refractivity contribution in [3.05, 3.63) is 60.2 Å². The van der Waals surface area contributed by atoms with Gasteiger partial charge < -0.3 is 5.32 Å². The largest absolute Gasteiger partial charge is 0.381 e. The fraction of sp³-hybridized carbons (Fsp3) is 0.0769. The molecule has 0 unspecified atom stereocenters. The first-order chi connectivity index (χ1) is 6.97. The summed E-state index contributed by atoms with van der Waals surface area (Å²) in [6, 6.07) is 8.30. The van der Waals surface area contributed by atoms with Crippen molar-refractivity contribution in [2.45, 2.75) is 0 Å². The predicted octanol–water partition coefficient (Wildman–Crippen LogP) is 3.24. The van der Waals surface area contributed by atoms with E-state index >= 15 is 0 Å². The van der Waals surface area contributed by atoms with Gasteiger partial charge in [0, 0.05) is 12.2 Å². The maximum Gasteiger partial charge on any atom is 0.0416 e. The Morgan fingerprint density at radius 3 is 2.79 bits per heavy atom. The number of nitrogens with one attached hydrogen (secondary N) is 1. The highest BCUT2D eigenvalue weighted by Gasteiger charge is 1.95. The lowest BCUT2D eigenvalue weighted by Crippen LogP contribution is -1.99. The first kappa shape index (κ1) is 8.82. The number of allylic oxidation sites excluding steroid dienone is 4. The molecule has 1 aliphatic heterocycles. The van der Waals surface area contributed by atoms with E-state index in [9.17, 15) is 0 Å². The molecular weight excluding hydrogens is 170 g/mol. The lowest BCUT2D eigenvalue weighted by molar-refractivity contribution is 1.33. The molecule has 1 heterocycles. The molecule has 0 spiro atoms. The van der Waals surface area contributed by atoms with Crippen LogP contribution >= 0.6 is 0 Å². The fourth-order valence-electron chi connectivity index (χ4n) is 1.41. The molecule has 14 heavy (non-hydrogen) atoms. The number of fused-ring (bicyclic) bond motifs is 1. The Kier molecular flexibility index (Phi) is 2.82. The zero-order valence-corrected chi connectivity index (χ0v) is 7.98. The number of para-hydroxylation sites is 1. The summed E-state index contributed by atoms with van der Waals surface area (Å²) in [6.45, 7) is 0.870. The average Bonchev–Trinajstić information content (AvgIpc) is 2.25. The third-order valence-electron chi connectivity index (χ3n) is 2.12. The lowest BCUT2D eigenvalue weighted by Gasteiger charge is -2.07. The number of benzene rings is 1. The summed E-state index contributed by atoms with van der Waals surface area (Å²) in [4.78, 5) is 0. The third kappa shape index (κ3) is 2.13. The maximum absolute atomic E-state index is 3.36. The van der Waals surface area contributed by atoms with Gasteiger partial charge in [-0.15, -0.1) is 0 Å². The molecule has 0 bridgehead atoms. The molecule has 1 nitrogen and oxygen atoms in total. The normalized spacial score (nSPS) is 16.9. The summed E-state index contributed by atoms with van der Waals surface area (Å²) in [7, 11) is 0. The van der Waals surface area contributed by atoms with Crippen molar-refractivity contribution < 1.29 is 0 Å². The lowest BCUT2D eigenvalue weighted by atomic mass is 10.1. The zero-order valence-electron chi connectivity index (χ0n) is 7.98. The van der Waals surface area contributed by atoms with Gasteiger partial charge in [0.05, 0.1) is 0 Å². The first-order valence-corrected chi connectivity index (χ1v) is 4.79. The Morgan fingerprint density at radius 1 is 0.929 bits per heavy atom. The highest BCUT2D eigenvalue weighted by molar-refractivity contribution is 5.67. The molecular formula is C13H13N. The Morgan fingerprint density at radius 2 is 1.79 bits per heavy atom. The summed E-state index contributed by atoms with van der Waals surface area (Å²) in [5.74, 6) is 0. The molecule has 1 aromatic carbocycles. The summed E-state index contributed by atoms with van der Waals surface area (Å²) in [5.41, 5.74) is 2.41. The van der Waals surface area contributed by atoms with E-state index in [1.807, 2.05) is 24.3 Å². The minimum Gasteiger partial charge on any atom is -0.381 e. The van der Waals surface area contributed by atoms with Crippen molar-refractivity contribution in [3.8, 4) is 0 Å². The van der Waals surface area contributed by atoms with E-state index in [2.05, 4.69) is 41.7 Å². The van der Waals surface area contributed by atoms with Crippen LogP contribution in [0.3, 0.4) is 0 Å². The van der Waals surface area contributed by atoms with Gasteiger partial charge >= 0.3 is 0 Å². The van der Waals surface area contributed by atoms with E-state index in [4.69, 9.17) is 0 Å². The van der Waals surface area contributed by atoms with E-state index in [0.29, 0.717) is 0 Å². The number of hydrogen-bond acceptors (Lipinski definition) is 1. The summed E-state index contributed by atoms with van der Waals surface area (Å²) >= 11 is 0. The Labute approximate surface area is 84.5 Å². The smallest absolute Gasteiger partial charge is 0.0416 e. The Hall–Kier alpha value is -1.76. The van der Waals surface area contributed by atoms with E-state index in [1.165, 1.54) is 11.3 Å². The number of rotatable bonds is 0. The van der Waals surface area contributed by atoms with Crippen LogP contribution in [0.1, 0.15) is 5.56 Å². The van der Waals surface area contributed by atoms with Gasteiger partial charge in [-0.3, -0.25) is 0 Å². The van der Waals surface area contributed by atoms with E-state index < -0.39 is 0 Å². The second-order valence-corrected chi connectivity index (χ2v) is 3.14. The molecule has 0 fully saturated rings. The fourth-order valence-corrected chi connectivity index (χ4v) is 1.41. The van der Waals surface area contributed by atoms with Crippen LogP contribution < -0.4 is 5.32 Å². The van der Waals surface area contributed by atoms with Gasteiger partial charge in [-0.1, -0.05) is 54.7 Å². The molecule has 0 aromatic heterocycles. The van der Waals surface area contributed by atoms with E-state index in [0.717, 1.165) is 6.54 Å². The van der Waals surface area contributed by atoms with Gasteiger partial charge in [-0.2, -0.15) is 0 Å². The number of hydrogen-bond donors (Lipinski definition) is 1. The molecule has 1 aromatic rings. The second-order valence-electron chi connectivity index (χ2n) is 3.14. The number of anilines is 1. The predicted molar refractivity (Wildman–Crippen MR) is 62.2 cm³/mol. The molecule has 1 heteroatoms. The van der Waals surface area contributed by atoms with Gasteiger partial charge in [0.1, 0.15) is 0 Å². The molecule has 70 valence electrons. The Balaban J connectivity index is 2.35.